The molecule has 140 valence electrons. The van der Waals surface area contributed by atoms with Gasteiger partial charge in [0.2, 0.25) is 5.13 Å². The third-order valence-corrected chi connectivity index (χ3v) is 5.25. The molecule has 0 atom stereocenters. The van der Waals surface area contributed by atoms with E-state index in [0.29, 0.717) is 15.7 Å². The van der Waals surface area contributed by atoms with Gasteiger partial charge in [-0.25, -0.2) is 4.98 Å². The summed E-state index contributed by atoms with van der Waals surface area (Å²) >= 11 is 2.99. The number of hydrogen-bond donors (Lipinski definition) is 2. The van der Waals surface area contributed by atoms with E-state index < -0.39 is 5.97 Å². The highest BCUT2D eigenvalue weighted by Gasteiger charge is 2.15. The van der Waals surface area contributed by atoms with Crippen molar-refractivity contribution in [1.82, 2.24) is 4.98 Å². The second-order valence-electron chi connectivity index (χ2n) is 5.37. The van der Waals surface area contributed by atoms with Gasteiger partial charge in [-0.1, -0.05) is 53.8 Å². The Kier molecular flexibility index (Phi) is 8.02. The zero-order valence-electron chi connectivity index (χ0n) is 14.5. The van der Waals surface area contributed by atoms with Gasteiger partial charge in [-0.15, -0.1) is 28.7 Å². The van der Waals surface area contributed by atoms with Gasteiger partial charge in [0.25, 0.3) is 0 Å². The number of nitrogens with zero attached hydrogens (tertiary/aromatic N) is 2. The summed E-state index contributed by atoms with van der Waals surface area (Å²) in [6, 6.07) is 17.6. The lowest BCUT2D eigenvalue weighted by Crippen LogP contribution is -1.99. The molecular formula is C19H18BrN3O2S2. The first-order valence-corrected chi connectivity index (χ1v) is 9.90. The summed E-state index contributed by atoms with van der Waals surface area (Å²) in [5, 5.41) is 13.9. The molecule has 0 aliphatic carbocycles. The first-order chi connectivity index (χ1) is 12.7. The number of rotatable bonds is 7. The lowest BCUT2D eigenvalue weighted by Gasteiger charge is -1.99. The smallest absolute Gasteiger partial charge is 0.308 e. The maximum Gasteiger partial charge on any atom is 0.308 e. The van der Waals surface area contributed by atoms with E-state index in [0.717, 1.165) is 11.1 Å². The predicted octanol–water partition coefficient (Wildman–Crippen LogP) is 5.18. The molecule has 2 N–H and O–H groups in total. The fourth-order valence-corrected chi connectivity index (χ4v) is 3.66. The van der Waals surface area contributed by atoms with Crippen molar-refractivity contribution in [3.8, 4) is 11.3 Å². The summed E-state index contributed by atoms with van der Waals surface area (Å²) in [4.78, 5) is 17.6. The predicted molar refractivity (Wildman–Crippen MR) is 119 cm³/mol. The number of nitrogens with one attached hydrogen (secondary N) is 1. The monoisotopic (exact) mass is 463 g/mol. The quantitative estimate of drug-likeness (QED) is 0.286. The number of thioether (sulfide) groups is 1. The Bertz CT molecular complexity index is 912. The number of aromatic nitrogens is 1. The van der Waals surface area contributed by atoms with Crippen LogP contribution >= 0.6 is 40.1 Å². The molecule has 8 heteroatoms. The minimum atomic E-state index is -0.880. The summed E-state index contributed by atoms with van der Waals surface area (Å²) in [6.07, 6.45) is 3.68. The molecule has 0 bridgehead atoms. The molecule has 5 nitrogen and oxygen atoms in total. The van der Waals surface area contributed by atoms with Crippen molar-refractivity contribution >= 4 is 57.4 Å². The third kappa shape index (κ3) is 5.92. The molecule has 1 aromatic heterocycles. The lowest BCUT2D eigenvalue weighted by molar-refractivity contribution is -0.136. The van der Waals surface area contributed by atoms with Crippen LogP contribution in [0.3, 0.4) is 0 Å². The fraction of sp³-hybridized carbons (Fsp3) is 0.105. The minimum Gasteiger partial charge on any atom is -0.481 e. The molecule has 0 fully saturated rings. The van der Waals surface area contributed by atoms with Crippen molar-refractivity contribution < 1.29 is 9.90 Å². The number of anilines is 1. The molecule has 0 aliphatic rings. The number of hydrogen-bond acceptors (Lipinski definition) is 6. The largest absolute Gasteiger partial charge is 0.481 e. The van der Waals surface area contributed by atoms with Crippen LogP contribution < -0.4 is 5.43 Å². The van der Waals surface area contributed by atoms with E-state index in [4.69, 9.17) is 5.11 Å². The van der Waals surface area contributed by atoms with Crippen LogP contribution in [-0.4, -0.2) is 28.5 Å². The summed E-state index contributed by atoms with van der Waals surface area (Å²) in [5.74, 6) is -0.880. The number of carbonyl (C=O) groups is 1. The van der Waals surface area contributed by atoms with Gasteiger partial charge in [0.1, 0.15) is 0 Å². The van der Waals surface area contributed by atoms with Crippen LogP contribution in [0.25, 0.3) is 11.3 Å². The highest BCUT2D eigenvalue weighted by Crippen LogP contribution is 2.31. The number of carboxylic acids is 1. The number of hydrazone groups is 1. The average molecular weight is 464 g/mol. The van der Waals surface area contributed by atoms with Gasteiger partial charge in [0.15, 0.2) is 0 Å². The molecule has 3 aromatic rings. The summed E-state index contributed by atoms with van der Waals surface area (Å²) < 4.78 is 0. The maximum atomic E-state index is 11.1. The Morgan fingerprint density at radius 1 is 1.22 bits per heavy atom. The second kappa shape index (κ2) is 10.2. The normalized spacial score (nSPS) is 10.6. The Labute approximate surface area is 176 Å². The number of aliphatic carboxylic acids is 1. The maximum absolute atomic E-state index is 11.1. The van der Waals surface area contributed by atoms with Crippen LogP contribution in [0.5, 0.6) is 0 Å². The minimum absolute atomic E-state index is 0. The summed E-state index contributed by atoms with van der Waals surface area (Å²) in [7, 11) is 0. The van der Waals surface area contributed by atoms with Gasteiger partial charge < -0.3 is 5.11 Å². The van der Waals surface area contributed by atoms with Crippen LogP contribution in [0.1, 0.15) is 10.4 Å². The van der Waals surface area contributed by atoms with E-state index in [2.05, 4.69) is 15.5 Å². The number of halogens is 1. The van der Waals surface area contributed by atoms with Gasteiger partial charge in [-0.3, -0.25) is 10.2 Å². The van der Waals surface area contributed by atoms with Crippen LogP contribution in [0, 0.1) is 0 Å². The van der Waals surface area contributed by atoms with Crippen LogP contribution in [-0.2, 0) is 11.2 Å². The summed E-state index contributed by atoms with van der Waals surface area (Å²) in [5.41, 5.74) is 5.45. The Hall–Kier alpha value is -2.16. The Balaban J connectivity index is 0.00000261. The van der Waals surface area contributed by atoms with Crippen molar-refractivity contribution in [2.75, 3.05) is 11.7 Å². The van der Waals surface area contributed by atoms with Crippen molar-refractivity contribution in [3.05, 3.63) is 65.0 Å². The molecule has 0 unspecified atom stereocenters. The molecule has 0 aliphatic heterocycles. The molecule has 0 saturated heterocycles. The van der Waals surface area contributed by atoms with E-state index in [-0.39, 0.29) is 23.4 Å². The first kappa shape index (κ1) is 21.1. The Morgan fingerprint density at radius 2 is 1.93 bits per heavy atom. The van der Waals surface area contributed by atoms with Crippen LogP contribution in [0.4, 0.5) is 5.13 Å². The number of thiazole rings is 1. The fourth-order valence-electron chi connectivity index (χ4n) is 2.33. The molecule has 1 heterocycles. The van der Waals surface area contributed by atoms with Crippen molar-refractivity contribution in [1.29, 1.82) is 0 Å². The third-order valence-electron chi connectivity index (χ3n) is 3.55. The van der Waals surface area contributed by atoms with Crippen molar-refractivity contribution in [2.45, 2.75) is 11.3 Å². The number of carboxylic acid groups (broad SMARTS) is 1. The van der Waals surface area contributed by atoms with Crippen LogP contribution in [0.15, 0.2) is 64.6 Å². The first-order valence-electron chi connectivity index (χ1n) is 7.86. The topological polar surface area (TPSA) is 74.6 Å². The molecule has 3 rings (SSSR count). The van der Waals surface area contributed by atoms with E-state index in [1.807, 2.05) is 60.9 Å². The van der Waals surface area contributed by atoms with E-state index >= 15 is 0 Å². The SMILES string of the molecule is Br.CSc1ccc(/C=N/Nc2nc(-c3ccccc3)c(CC(=O)O)s2)cc1. The van der Waals surface area contributed by atoms with Gasteiger partial charge in [-0.05, 0) is 24.0 Å². The van der Waals surface area contributed by atoms with Crippen molar-refractivity contribution in [3.63, 3.8) is 0 Å². The zero-order chi connectivity index (χ0) is 18.4. The van der Waals surface area contributed by atoms with E-state index in [1.165, 1.54) is 16.2 Å². The molecule has 0 saturated carbocycles. The van der Waals surface area contributed by atoms with Crippen molar-refractivity contribution in [2.24, 2.45) is 5.10 Å². The van der Waals surface area contributed by atoms with Crippen LogP contribution in [0.2, 0.25) is 0 Å². The molecule has 0 amide bonds. The molecular weight excluding hydrogens is 446 g/mol. The Morgan fingerprint density at radius 3 is 2.56 bits per heavy atom. The van der Waals surface area contributed by atoms with Gasteiger partial charge in [-0.2, -0.15) is 5.10 Å². The second-order valence-corrected chi connectivity index (χ2v) is 7.33. The van der Waals surface area contributed by atoms with E-state index in [1.54, 1.807) is 18.0 Å². The molecule has 0 spiro atoms. The molecule has 2 aromatic carbocycles. The number of benzene rings is 2. The highest BCUT2D eigenvalue weighted by atomic mass is 79.9. The molecule has 0 radical (unpaired) electrons. The van der Waals surface area contributed by atoms with Gasteiger partial charge >= 0.3 is 5.97 Å². The lowest BCUT2D eigenvalue weighted by atomic mass is 10.1. The summed E-state index contributed by atoms with van der Waals surface area (Å²) in [6.45, 7) is 0. The average Bonchev–Trinajstić information content (AvgIpc) is 3.05. The molecule has 27 heavy (non-hydrogen) atoms. The highest BCUT2D eigenvalue weighted by molar-refractivity contribution is 8.93. The van der Waals surface area contributed by atoms with Gasteiger partial charge in [0, 0.05) is 15.3 Å². The zero-order valence-corrected chi connectivity index (χ0v) is 17.8. The standard InChI is InChI=1S/C19H17N3O2S2.BrH/c1-25-15-9-7-13(8-10-15)12-20-22-19-21-18(14-5-3-2-4-6-14)16(26-19)11-17(23)24;/h2-10,12H,11H2,1H3,(H,21,22)(H,23,24);1H/b20-12+;. The van der Waals surface area contributed by atoms with E-state index in [9.17, 15) is 4.79 Å². The van der Waals surface area contributed by atoms with Gasteiger partial charge in [0.05, 0.1) is 18.3 Å².